The summed E-state index contributed by atoms with van der Waals surface area (Å²) in [6.07, 6.45) is 0.657. The Kier molecular flexibility index (Phi) is 4.11. The maximum atomic E-state index is 11.3. The molecule has 0 aliphatic carbocycles. The SMILES string of the molecule is CCc1cc(S(N)(=O)=O)ccc1Oc1ccc(C)cc1. The number of nitrogens with two attached hydrogens (primary N) is 1. The van der Waals surface area contributed by atoms with Crippen LogP contribution in [0, 0.1) is 6.92 Å². The Morgan fingerprint density at radius 2 is 1.75 bits per heavy atom. The molecule has 2 N–H and O–H groups in total. The molecule has 0 fully saturated rings. The van der Waals surface area contributed by atoms with Gasteiger partial charge in [0.25, 0.3) is 0 Å². The van der Waals surface area contributed by atoms with Crippen molar-refractivity contribution in [2.24, 2.45) is 5.14 Å². The molecule has 0 spiro atoms. The van der Waals surface area contributed by atoms with Crippen molar-refractivity contribution in [3.8, 4) is 11.5 Å². The largest absolute Gasteiger partial charge is 0.457 e. The Morgan fingerprint density at radius 1 is 1.10 bits per heavy atom. The van der Waals surface area contributed by atoms with E-state index >= 15 is 0 Å². The maximum absolute atomic E-state index is 11.3. The number of benzene rings is 2. The van der Waals surface area contributed by atoms with Crippen molar-refractivity contribution in [3.05, 3.63) is 53.6 Å². The smallest absolute Gasteiger partial charge is 0.238 e. The highest BCUT2D eigenvalue weighted by Crippen LogP contribution is 2.28. The lowest BCUT2D eigenvalue weighted by Crippen LogP contribution is -2.12. The molecule has 0 heterocycles. The summed E-state index contributed by atoms with van der Waals surface area (Å²) < 4.78 is 28.5. The van der Waals surface area contributed by atoms with E-state index in [0.717, 1.165) is 11.1 Å². The molecule has 0 saturated carbocycles. The number of hydrogen-bond donors (Lipinski definition) is 1. The second-order valence-electron chi connectivity index (χ2n) is 4.58. The predicted molar refractivity (Wildman–Crippen MR) is 78.4 cm³/mol. The van der Waals surface area contributed by atoms with Crippen LogP contribution in [0.3, 0.4) is 0 Å². The van der Waals surface area contributed by atoms with Gasteiger partial charge >= 0.3 is 0 Å². The Morgan fingerprint density at radius 3 is 2.30 bits per heavy atom. The van der Waals surface area contributed by atoms with Gasteiger partial charge in [0.15, 0.2) is 0 Å². The van der Waals surface area contributed by atoms with Gasteiger partial charge in [-0.3, -0.25) is 0 Å². The lowest BCUT2D eigenvalue weighted by atomic mass is 10.1. The van der Waals surface area contributed by atoms with Crippen LogP contribution in [0.1, 0.15) is 18.1 Å². The molecule has 0 atom stereocenters. The van der Waals surface area contributed by atoms with Crippen LogP contribution in [0.2, 0.25) is 0 Å². The molecule has 2 aromatic carbocycles. The van der Waals surface area contributed by atoms with Crippen molar-refractivity contribution in [2.75, 3.05) is 0 Å². The van der Waals surface area contributed by atoms with Crippen molar-refractivity contribution in [2.45, 2.75) is 25.2 Å². The van der Waals surface area contributed by atoms with Crippen LogP contribution in [0.25, 0.3) is 0 Å². The lowest BCUT2D eigenvalue weighted by Gasteiger charge is -2.11. The second-order valence-corrected chi connectivity index (χ2v) is 6.14. The molecular formula is C15H17NO3S. The van der Waals surface area contributed by atoms with Gasteiger partial charge in [-0.1, -0.05) is 24.6 Å². The van der Waals surface area contributed by atoms with E-state index in [1.54, 1.807) is 12.1 Å². The Balaban J connectivity index is 2.35. The van der Waals surface area contributed by atoms with Gasteiger partial charge < -0.3 is 4.74 Å². The summed E-state index contributed by atoms with van der Waals surface area (Å²) in [7, 11) is -3.69. The third-order valence-electron chi connectivity index (χ3n) is 2.99. The molecule has 5 heteroatoms. The van der Waals surface area contributed by atoms with Gasteiger partial charge in [0.1, 0.15) is 11.5 Å². The first kappa shape index (κ1) is 14.6. The Hall–Kier alpha value is -1.85. The predicted octanol–water partition coefficient (Wildman–Crippen LogP) is 3.00. The van der Waals surface area contributed by atoms with E-state index < -0.39 is 10.0 Å². The number of aryl methyl sites for hydroxylation is 2. The van der Waals surface area contributed by atoms with Crippen molar-refractivity contribution in [3.63, 3.8) is 0 Å². The summed E-state index contributed by atoms with van der Waals surface area (Å²) in [6, 6.07) is 12.3. The average molecular weight is 291 g/mol. The lowest BCUT2D eigenvalue weighted by molar-refractivity contribution is 0.476. The molecule has 0 aliphatic heterocycles. The molecule has 0 saturated heterocycles. The van der Waals surface area contributed by atoms with Crippen molar-refractivity contribution in [1.29, 1.82) is 0 Å². The topological polar surface area (TPSA) is 69.4 Å². The van der Waals surface area contributed by atoms with Crippen LogP contribution in [-0.4, -0.2) is 8.42 Å². The minimum atomic E-state index is -3.69. The molecule has 2 rings (SSSR count). The first-order chi connectivity index (χ1) is 9.40. The fraction of sp³-hybridized carbons (Fsp3) is 0.200. The Labute approximate surface area is 119 Å². The molecule has 0 amide bonds. The summed E-state index contributed by atoms with van der Waals surface area (Å²) in [5, 5.41) is 5.13. The van der Waals surface area contributed by atoms with Crippen LogP contribution in [0.4, 0.5) is 0 Å². The molecule has 2 aromatic rings. The standard InChI is InChI=1S/C15H17NO3S/c1-3-12-10-14(20(16,17)18)8-9-15(12)19-13-6-4-11(2)5-7-13/h4-10H,3H2,1-2H3,(H2,16,17,18). The molecule has 20 heavy (non-hydrogen) atoms. The molecule has 0 aromatic heterocycles. The number of rotatable bonds is 4. The maximum Gasteiger partial charge on any atom is 0.238 e. The van der Waals surface area contributed by atoms with Gasteiger partial charge in [-0.05, 0) is 49.2 Å². The van der Waals surface area contributed by atoms with Crippen molar-refractivity contribution >= 4 is 10.0 Å². The van der Waals surface area contributed by atoms with E-state index in [9.17, 15) is 8.42 Å². The van der Waals surface area contributed by atoms with Crippen molar-refractivity contribution < 1.29 is 13.2 Å². The molecule has 0 aliphatic rings. The fourth-order valence-corrected chi connectivity index (χ4v) is 2.41. The summed E-state index contributed by atoms with van der Waals surface area (Å²) in [4.78, 5) is 0.102. The van der Waals surface area contributed by atoms with Gasteiger partial charge in [0, 0.05) is 0 Å². The summed E-state index contributed by atoms with van der Waals surface area (Å²) in [6.45, 7) is 3.94. The first-order valence-corrected chi connectivity index (χ1v) is 7.85. The van der Waals surface area contributed by atoms with Crippen molar-refractivity contribution in [1.82, 2.24) is 0 Å². The van der Waals surface area contributed by atoms with Crippen LogP contribution in [-0.2, 0) is 16.4 Å². The van der Waals surface area contributed by atoms with E-state index in [0.29, 0.717) is 17.9 Å². The highest BCUT2D eigenvalue weighted by molar-refractivity contribution is 7.89. The summed E-state index contributed by atoms with van der Waals surface area (Å²) >= 11 is 0. The zero-order chi connectivity index (χ0) is 14.8. The molecule has 0 bridgehead atoms. The summed E-state index contributed by atoms with van der Waals surface area (Å²) in [5.41, 5.74) is 1.95. The van der Waals surface area contributed by atoms with E-state index in [1.807, 2.05) is 38.1 Å². The third kappa shape index (κ3) is 3.37. The van der Waals surface area contributed by atoms with Gasteiger partial charge in [-0.15, -0.1) is 0 Å². The molecular weight excluding hydrogens is 274 g/mol. The minimum absolute atomic E-state index is 0.102. The second kappa shape index (κ2) is 5.64. The van der Waals surface area contributed by atoms with E-state index in [-0.39, 0.29) is 4.90 Å². The van der Waals surface area contributed by atoms with Crippen LogP contribution >= 0.6 is 0 Å². The van der Waals surface area contributed by atoms with Crippen LogP contribution < -0.4 is 9.88 Å². The van der Waals surface area contributed by atoms with Gasteiger partial charge in [0.2, 0.25) is 10.0 Å². The third-order valence-corrected chi connectivity index (χ3v) is 3.90. The van der Waals surface area contributed by atoms with Gasteiger partial charge in [0.05, 0.1) is 4.90 Å². The average Bonchev–Trinajstić information content (AvgIpc) is 2.40. The monoisotopic (exact) mass is 291 g/mol. The normalized spacial score (nSPS) is 11.3. The highest BCUT2D eigenvalue weighted by Gasteiger charge is 2.12. The first-order valence-electron chi connectivity index (χ1n) is 6.30. The van der Waals surface area contributed by atoms with Gasteiger partial charge in [-0.2, -0.15) is 0 Å². The number of ether oxygens (including phenoxy) is 1. The quantitative estimate of drug-likeness (QED) is 0.941. The number of hydrogen-bond acceptors (Lipinski definition) is 3. The number of sulfonamides is 1. The van der Waals surface area contributed by atoms with Crippen LogP contribution in [0.5, 0.6) is 11.5 Å². The zero-order valence-electron chi connectivity index (χ0n) is 11.5. The van der Waals surface area contributed by atoms with Crippen LogP contribution in [0.15, 0.2) is 47.4 Å². The number of primary sulfonamides is 1. The minimum Gasteiger partial charge on any atom is -0.457 e. The molecule has 106 valence electrons. The van der Waals surface area contributed by atoms with E-state index in [2.05, 4.69) is 0 Å². The fourth-order valence-electron chi connectivity index (χ4n) is 1.84. The molecule has 0 radical (unpaired) electrons. The highest BCUT2D eigenvalue weighted by atomic mass is 32.2. The summed E-state index contributed by atoms with van der Waals surface area (Å²) in [5.74, 6) is 1.36. The molecule has 4 nitrogen and oxygen atoms in total. The van der Waals surface area contributed by atoms with E-state index in [1.165, 1.54) is 6.07 Å². The van der Waals surface area contributed by atoms with E-state index in [4.69, 9.17) is 9.88 Å². The molecule has 0 unspecified atom stereocenters. The van der Waals surface area contributed by atoms with Gasteiger partial charge in [-0.25, -0.2) is 13.6 Å². The zero-order valence-corrected chi connectivity index (χ0v) is 12.3. The Bertz CT molecular complexity index is 706.